The zero-order chi connectivity index (χ0) is 19.4. The molecule has 1 saturated heterocycles. The highest BCUT2D eigenvalue weighted by molar-refractivity contribution is 8.15. The maximum Gasteiger partial charge on any atom is 0.242 e. The summed E-state index contributed by atoms with van der Waals surface area (Å²) in [6.45, 7) is 0. The molecule has 0 radical (unpaired) electrons. The summed E-state index contributed by atoms with van der Waals surface area (Å²) in [5, 5.41) is 3.43. The topological polar surface area (TPSA) is 71.0 Å². The van der Waals surface area contributed by atoms with Crippen LogP contribution in [0.2, 0.25) is 5.02 Å². The lowest BCUT2D eigenvalue weighted by molar-refractivity contribution is -0.127. The van der Waals surface area contributed by atoms with E-state index in [1.165, 1.54) is 16.7 Å². The number of methoxy groups -OCH3 is 1. The molecule has 1 atom stereocenters. The zero-order valence-corrected chi connectivity index (χ0v) is 16.4. The minimum atomic E-state index is -0.501. The van der Waals surface area contributed by atoms with Crippen molar-refractivity contribution < 1.29 is 14.3 Å². The molecule has 2 aromatic carbocycles. The van der Waals surface area contributed by atoms with E-state index < -0.39 is 5.25 Å². The molecule has 6 nitrogen and oxygen atoms in total. The van der Waals surface area contributed by atoms with Crippen LogP contribution < -0.4 is 10.1 Å². The van der Waals surface area contributed by atoms with Gasteiger partial charge in [-0.15, -0.1) is 0 Å². The van der Waals surface area contributed by atoms with Crippen LogP contribution in [-0.4, -0.2) is 41.3 Å². The number of amides is 2. The van der Waals surface area contributed by atoms with E-state index in [1.807, 2.05) is 12.1 Å². The first-order chi connectivity index (χ1) is 13.0. The largest absolute Gasteiger partial charge is 0.497 e. The Morgan fingerprint density at radius 3 is 2.52 bits per heavy atom. The summed E-state index contributed by atoms with van der Waals surface area (Å²) < 4.78 is 5.12. The maximum atomic E-state index is 12.4. The van der Waals surface area contributed by atoms with E-state index in [9.17, 15) is 9.59 Å². The summed E-state index contributed by atoms with van der Waals surface area (Å²) in [7, 11) is 3.26. The number of rotatable bonds is 5. The standard InChI is InChI=1S/C19H18ClN3O3S/c1-23-18(25)16(11-17(24)21-13-5-3-12(20)4-6-13)27-19(23)22-14-7-9-15(26-2)10-8-14/h3-10,16H,11H2,1-2H3,(H,21,24)/t16-/m1/s1. The van der Waals surface area contributed by atoms with Crippen LogP contribution in [0.3, 0.4) is 0 Å². The number of hydrogen-bond donors (Lipinski definition) is 1. The number of amidine groups is 1. The van der Waals surface area contributed by atoms with Crippen LogP contribution in [0.5, 0.6) is 5.75 Å². The number of nitrogens with zero attached hydrogens (tertiary/aromatic N) is 2. The summed E-state index contributed by atoms with van der Waals surface area (Å²) >= 11 is 7.12. The summed E-state index contributed by atoms with van der Waals surface area (Å²) in [5.74, 6) is 0.361. The molecule has 1 heterocycles. The van der Waals surface area contributed by atoms with Crippen LogP contribution >= 0.6 is 23.4 Å². The average Bonchev–Trinajstić information content (AvgIpc) is 2.92. The quantitative estimate of drug-likeness (QED) is 0.820. The number of halogens is 1. The molecule has 3 rings (SSSR count). The number of hydrogen-bond acceptors (Lipinski definition) is 5. The molecule has 1 aliphatic heterocycles. The first-order valence-corrected chi connectivity index (χ1v) is 9.44. The normalized spacial score (nSPS) is 18.0. The third-order valence-electron chi connectivity index (χ3n) is 3.94. The zero-order valence-electron chi connectivity index (χ0n) is 14.8. The van der Waals surface area contributed by atoms with Gasteiger partial charge in [0.05, 0.1) is 12.8 Å². The van der Waals surface area contributed by atoms with Crippen LogP contribution in [0.25, 0.3) is 0 Å². The Kier molecular flexibility index (Phi) is 6.03. The molecule has 1 fully saturated rings. The van der Waals surface area contributed by atoms with E-state index in [1.54, 1.807) is 50.6 Å². The molecular formula is C19H18ClN3O3S. The van der Waals surface area contributed by atoms with E-state index in [0.29, 0.717) is 21.6 Å². The molecule has 2 aromatic rings. The predicted octanol–water partition coefficient (Wildman–Crippen LogP) is 3.94. The number of anilines is 1. The molecule has 27 heavy (non-hydrogen) atoms. The highest BCUT2D eigenvalue weighted by Gasteiger charge is 2.36. The van der Waals surface area contributed by atoms with Gasteiger partial charge in [0, 0.05) is 24.2 Å². The molecule has 0 unspecified atom stereocenters. The van der Waals surface area contributed by atoms with Crippen molar-refractivity contribution in [3.8, 4) is 5.75 Å². The minimum Gasteiger partial charge on any atom is -0.497 e. The summed E-state index contributed by atoms with van der Waals surface area (Å²) in [6, 6.07) is 14.0. The van der Waals surface area contributed by atoms with Crippen molar-refractivity contribution in [3.63, 3.8) is 0 Å². The summed E-state index contributed by atoms with van der Waals surface area (Å²) in [6.07, 6.45) is 0.0676. The van der Waals surface area contributed by atoms with Crippen molar-refractivity contribution >= 4 is 51.7 Å². The van der Waals surface area contributed by atoms with E-state index in [4.69, 9.17) is 16.3 Å². The number of carbonyl (C=O) groups is 2. The molecular weight excluding hydrogens is 386 g/mol. The third kappa shape index (κ3) is 4.81. The van der Waals surface area contributed by atoms with Gasteiger partial charge in [0.1, 0.15) is 11.0 Å². The monoisotopic (exact) mass is 403 g/mol. The number of ether oxygens (including phenoxy) is 1. The second-order valence-corrected chi connectivity index (χ2v) is 7.46. The number of aliphatic imine (C=N–C) groups is 1. The van der Waals surface area contributed by atoms with Gasteiger partial charge in [-0.05, 0) is 48.5 Å². The molecule has 1 aliphatic rings. The summed E-state index contributed by atoms with van der Waals surface area (Å²) in [4.78, 5) is 30.7. The van der Waals surface area contributed by atoms with Crippen LogP contribution in [-0.2, 0) is 9.59 Å². The molecule has 140 valence electrons. The smallest absolute Gasteiger partial charge is 0.242 e. The average molecular weight is 404 g/mol. The fraction of sp³-hybridized carbons (Fsp3) is 0.211. The first kappa shape index (κ1) is 19.3. The Labute approximate surface area is 166 Å². The fourth-order valence-electron chi connectivity index (χ4n) is 2.48. The number of thioether (sulfide) groups is 1. The highest BCUT2D eigenvalue weighted by Crippen LogP contribution is 2.31. The van der Waals surface area contributed by atoms with Gasteiger partial charge in [-0.3, -0.25) is 14.5 Å². The van der Waals surface area contributed by atoms with Gasteiger partial charge in [-0.25, -0.2) is 4.99 Å². The second-order valence-electron chi connectivity index (χ2n) is 5.86. The highest BCUT2D eigenvalue weighted by atomic mass is 35.5. The Morgan fingerprint density at radius 1 is 1.22 bits per heavy atom. The van der Waals surface area contributed by atoms with Crippen molar-refractivity contribution in [2.75, 3.05) is 19.5 Å². The van der Waals surface area contributed by atoms with E-state index in [0.717, 1.165) is 5.75 Å². The lowest BCUT2D eigenvalue weighted by Gasteiger charge is -2.09. The SMILES string of the molecule is COc1ccc(N=C2S[C@H](CC(=O)Nc3ccc(Cl)cc3)C(=O)N2C)cc1. The van der Waals surface area contributed by atoms with Gasteiger partial charge < -0.3 is 10.1 Å². The maximum absolute atomic E-state index is 12.4. The van der Waals surface area contributed by atoms with Crippen molar-refractivity contribution in [2.24, 2.45) is 4.99 Å². The molecule has 0 aromatic heterocycles. The van der Waals surface area contributed by atoms with Gasteiger partial charge in [0.2, 0.25) is 11.8 Å². The molecule has 8 heteroatoms. The van der Waals surface area contributed by atoms with Crippen LogP contribution in [0.4, 0.5) is 11.4 Å². The van der Waals surface area contributed by atoms with Gasteiger partial charge in [0.25, 0.3) is 0 Å². The van der Waals surface area contributed by atoms with E-state index in [2.05, 4.69) is 10.3 Å². The molecule has 0 aliphatic carbocycles. The van der Waals surface area contributed by atoms with Crippen molar-refractivity contribution in [1.82, 2.24) is 4.90 Å². The van der Waals surface area contributed by atoms with E-state index >= 15 is 0 Å². The lowest BCUT2D eigenvalue weighted by atomic mass is 10.2. The fourth-order valence-corrected chi connectivity index (χ4v) is 3.76. The number of benzene rings is 2. The van der Waals surface area contributed by atoms with Crippen LogP contribution in [0, 0.1) is 0 Å². The molecule has 1 N–H and O–H groups in total. The third-order valence-corrected chi connectivity index (χ3v) is 5.42. The van der Waals surface area contributed by atoms with Crippen LogP contribution in [0.1, 0.15) is 6.42 Å². The first-order valence-electron chi connectivity index (χ1n) is 8.18. The number of carbonyl (C=O) groups excluding carboxylic acids is 2. The molecule has 0 bridgehead atoms. The number of nitrogens with one attached hydrogen (secondary N) is 1. The van der Waals surface area contributed by atoms with Gasteiger partial charge >= 0.3 is 0 Å². The Hall–Kier alpha value is -2.51. The van der Waals surface area contributed by atoms with Crippen molar-refractivity contribution in [2.45, 2.75) is 11.7 Å². The Balaban J connectivity index is 1.65. The second kappa shape index (κ2) is 8.45. The van der Waals surface area contributed by atoms with Crippen molar-refractivity contribution in [1.29, 1.82) is 0 Å². The van der Waals surface area contributed by atoms with Crippen molar-refractivity contribution in [3.05, 3.63) is 53.6 Å². The van der Waals surface area contributed by atoms with Gasteiger partial charge in [-0.2, -0.15) is 0 Å². The van der Waals surface area contributed by atoms with Gasteiger partial charge in [0.15, 0.2) is 5.17 Å². The van der Waals surface area contributed by atoms with Crippen LogP contribution in [0.15, 0.2) is 53.5 Å². The van der Waals surface area contributed by atoms with E-state index in [-0.39, 0.29) is 18.2 Å². The predicted molar refractivity (Wildman–Crippen MR) is 109 cm³/mol. The Morgan fingerprint density at radius 2 is 1.89 bits per heavy atom. The lowest BCUT2D eigenvalue weighted by Crippen LogP contribution is -2.30. The summed E-state index contributed by atoms with van der Waals surface area (Å²) in [5.41, 5.74) is 1.35. The Bertz CT molecular complexity index is 869. The van der Waals surface area contributed by atoms with Gasteiger partial charge in [-0.1, -0.05) is 23.4 Å². The molecule has 0 spiro atoms. The molecule has 2 amide bonds. The molecule has 0 saturated carbocycles. The minimum absolute atomic E-state index is 0.0676.